The number of halogens is 2. The van der Waals surface area contributed by atoms with Crippen LogP contribution in [0.4, 0.5) is 4.39 Å². The molecule has 4 nitrogen and oxygen atoms in total. The van der Waals surface area contributed by atoms with Crippen LogP contribution in [-0.2, 0) is 4.74 Å². The molecule has 0 spiro atoms. The second-order valence-corrected chi connectivity index (χ2v) is 11.7. The molecule has 4 fully saturated rings. The van der Waals surface area contributed by atoms with Crippen LogP contribution in [0.3, 0.4) is 0 Å². The molecule has 4 rings (SSSR count). The quantitative estimate of drug-likeness (QED) is 0.423. The van der Waals surface area contributed by atoms with Gasteiger partial charge in [0.15, 0.2) is 0 Å². The van der Waals surface area contributed by atoms with Gasteiger partial charge in [0, 0.05) is 19.2 Å². The van der Waals surface area contributed by atoms with Gasteiger partial charge in [-0.1, -0.05) is 13.3 Å². The first-order valence-electron chi connectivity index (χ1n) is 11.6. The second kappa shape index (κ2) is 9.91. The highest BCUT2D eigenvalue weighted by Gasteiger charge is 2.46. The lowest BCUT2D eigenvalue weighted by Gasteiger charge is -2.43. The Morgan fingerprint density at radius 1 is 1.03 bits per heavy atom. The number of rotatable bonds is 6. The van der Waals surface area contributed by atoms with Crippen LogP contribution >= 0.6 is 23.4 Å². The number of hydrogen-bond acceptors (Lipinski definition) is 5. The van der Waals surface area contributed by atoms with Crippen molar-refractivity contribution >= 4 is 23.4 Å². The average molecular weight is 449 g/mol. The van der Waals surface area contributed by atoms with Gasteiger partial charge < -0.3 is 15.2 Å². The molecule has 11 unspecified atom stereocenters. The van der Waals surface area contributed by atoms with E-state index in [-0.39, 0.29) is 29.5 Å². The monoisotopic (exact) mass is 448 g/mol. The molecule has 0 radical (unpaired) electrons. The highest BCUT2D eigenvalue weighted by molar-refractivity contribution is 8.07. The lowest BCUT2D eigenvalue weighted by molar-refractivity contribution is -0.0259. The molecular weight excluding hydrogens is 411 g/mol. The van der Waals surface area contributed by atoms with E-state index in [1.54, 1.807) is 7.11 Å². The average Bonchev–Trinajstić information content (AvgIpc) is 3.44. The zero-order chi connectivity index (χ0) is 20.5. The minimum absolute atomic E-state index is 0.107. The van der Waals surface area contributed by atoms with Gasteiger partial charge in [-0.15, -0.1) is 23.4 Å². The Hall–Kier alpha value is 0.410. The van der Waals surface area contributed by atoms with Crippen LogP contribution in [-0.4, -0.2) is 58.8 Å². The number of alkyl halides is 2. The molecule has 7 heteroatoms. The number of nitrogens with one attached hydrogen (secondary N) is 2. The van der Waals surface area contributed by atoms with Gasteiger partial charge in [0.25, 0.3) is 0 Å². The molecule has 3 saturated carbocycles. The van der Waals surface area contributed by atoms with Crippen molar-refractivity contribution in [3.63, 3.8) is 0 Å². The van der Waals surface area contributed by atoms with E-state index in [9.17, 15) is 9.50 Å². The molecule has 0 amide bonds. The zero-order valence-electron chi connectivity index (χ0n) is 17.7. The molecular formula is C22H38ClFN2O2S. The lowest BCUT2D eigenvalue weighted by atomic mass is 9.70. The maximum absolute atomic E-state index is 13.7. The van der Waals surface area contributed by atoms with Crippen LogP contribution in [0.2, 0.25) is 0 Å². The van der Waals surface area contributed by atoms with E-state index in [2.05, 4.69) is 10.6 Å². The van der Waals surface area contributed by atoms with Gasteiger partial charge in [-0.05, 0) is 69.1 Å². The van der Waals surface area contributed by atoms with E-state index in [0.29, 0.717) is 35.0 Å². The van der Waals surface area contributed by atoms with Crippen molar-refractivity contribution < 1.29 is 14.2 Å². The van der Waals surface area contributed by atoms with Gasteiger partial charge >= 0.3 is 0 Å². The summed E-state index contributed by atoms with van der Waals surface area (Å²) in [6.07, 6.45) is 8.13. The van der Waals surface area contributed by atoms with E-state index in [0.717, 1.165) is 44.9 Å². The van der Waals surface area contributed by atoms with Gasteiger partial charge in [0.1, 0.15) is 6.17 Å². The first-order valence-corrected chi connectivity index (χ1v) is 13.0. The first kappa shape index (κ1) is 22.6. The molecule has 4 aliphatic rings. The van der Waals surface area contributed by atoms with Crippen molar-refractivity contribution in [2.45, 2.75) is 111 Å². The van der Waals surface area contributed by atoms with Gasteiger partial charge in [0.2, 0.25) is 0 Å². The molecule has 168 valence electrons. The van der Waals surface area contributed by atoms with Gasteiger partial charge in [0.05, 0.1) is 28.3 Å². The summed E-state index contributed by atoms with van der Waals surface area (Å²) in [7, 11) is 1.75. The summed E-state index contributed by atoms with van der Waals surface area (Å²) in [5, 5.41) is 19.5. The maximum atomic E-state index is 13.7. The molecule has 1 saturated heterocycles. The molecule has 29 heavy (non-hydrogen) atoms. The standard InChI is InChI=1S/C22H38ClFN2O2S/c1-12-10-14(7-9-17(12)24)25-21-22(29-21)26-18-5-3-4-15(20(18)27)13-6-8-16(23)19(11-13)28-2/h12-22,25-27H,3-11H2,1-2H3. The number of hydrogen-bond donors (Lipinski definition) is 3. The largest absolute Gasteiger partial charge is 0.391 e. The molecule has 0 aromatic carbocycles. The van der Waals surface area contributed by atoms with Crippen LogP contribution in [0.25, 0.3) is 0 Å². The van der Waals surface area contributed by atoms with Crippen molar-refractivity contribution in [1.82, 2.24) is 10.6 Å². The van der Waals surface area contributed by atoms with E-state index < -0.39 is 6.17 Å². The molecule has 11 atom stereocenters. The van der Waals surface area contributed by atoms with Crippen LogP contribution in [0.15, 0.2) is 0 Å². The third-order valence-electron chi connectivity index (χ3n) is 7.90. The van der Waals surface area contributed by atoms with Gasteiger partial charge in [-0.2, -0.15) is 0 Å². The molecule has 3 aliphatic carbocycles. The summed E-state index contributed by atoms with van der Waals surface area (Å²) in [5.74, 6) is 1.02. The Balaban J connectivity index is 1.25. The second-order valence-electron chi connectivity index (χ2n) is 9.87. The van der Waals surface area contributed by atoms with Gasteiger partial charge in [-0.25, -0.2) is 4.39 Å². The number of methoxy groups -OCH3 is 1. The number of ether oxygens (including phenoxy) is 1. The minimum atomic E-state index is -0.630. The molecule has 1 aliphatic heterocycles. The van der Waals surface area contributed by atoms with Crippen LogP contribution < -0.4 is 10.6 Å². The summed E-state index contributed by atoms with van der Waals surface area (Å²) in [6, 6.07) is 0.607. The topological polar surface area (TPSA) is 53.5 Å². The highest BCUT2D eigenvalue weighted by Crippen LogP contribution is 2.43. The highest BCUT2D eigenvalue weighted by atomic mass is 35.5. The minimum Gasteiger partial charge on any atom is -0.391 e. The number of thioether (sulfide) groups is 1. The molecule has 0 aromatic rings. The SMILES string of the molecule is COC1CC(C2CCCC(NC3SC3NC3CCC(F)C(C)C3)C2O)CCC1Cl. The third-order valence-corrected chi connectivity index (χ3v) is 9.49. The summed E-state index contributed by atoms with van der Waals surface area (Å²) < 4.78 is 19.3. The Morgan fingerprint density at radius 3 is 2.59 bits per heavy atom. The van der Waals surface area contributed by atoms with Crippen LogP contribution in [0.1, 0.15) is 64.7 Å². The molecule has 0 bridgehead atoms. The van der Waals surface area contributed by atoms with Crippen LogP contribution in [0.5, 0.6) is 0 Å². The van der Waals surface area contributed by atoms with Gasteiger partial charge in [-0.3, -0.25) is 5.32 Å². The normalized spacial score (nSPS) is 51.0. The third kappa shape index (κ3) is 5.43. The molecule has 0 aromatic heterocycles. The Morgan fingerprint density at radius 2 is 1.83 bits per heavy atom. The van der Waals surface area contributed by atoms with Crippen molar-refractivity contribution in [3.05, 3.63) is 0 Å². The van der Waals surface area contributed by atoms with E-state index in [1.807, 2.05) is 18.7 Å². The van der Waals surface area contributed by atoms with E-state index in [1.165, 1.54) is 6.42 Å². The predicted molar refractivity (Wildman–Crippen MR) is 118 cm³/mol. The van der Waals surface area contributed by atoms with E-state index in [4.69, 9.17) is 16.3 Å². The predicted octanol–water partition coefficient (Wildman–Crippen LogP) is 4.04. The molecule has 1 heterocycles. The van der Waals surface area contributed by atoms with Crippen molar-refractivity contribution in [2.75, 3.05) is 7.11 Å². The summed E-state index contributed by atoms with van der Waals surface area (Å²) in [5.41, 5.74) is 0. The Bertz CT molecular complexity index is 547. The zero-order valence-corrected chi connectivity index (χ0v) is 19.3. The van der Waals surface area contributed by atoms with Crippen molar-refractivity contribution in [3.8, 4) is 0 Å². The maximum Gasteiger partial charge on any atom is 0.103 e. The number of aliphatic hydroxyl groups excluding tert-OH is 1. The fourth-order valence-electron chi connectivity index (χ4n) is 5.99. The van der Waals surface area contributed by atoms with Crippen LogP contribution in [0, 0.1) is 17.8 Å². The Labute approximate surface area is 184 Å². The fourth-order valence-corrected chi connectivity index (χ4v) is 7.22. The smallest absolute Gasteiger partial charge is 0.103 e. The fraction of sp³-hybridized carbons (Fsp3) is 1.00. The van der Waals surface area contributed by atoms with E-state index >= 15 is 0 Å². The number of aliphatic hydroxyl groups is 1. The molecule has 3 N–H and O–H groups in total. The summed E-state index contributed by atoms with van der Waals surface area (Å²) in [6.45, 7) is 2.03. The summed E-state index contributed by atoms with van der Waals surface area (Å²) in [4.78, 5) is 0. The summed E-state index contributed by atoms with van der Waals surface area (Å²) >= 11 is 8.32. The van der Waals surface area contributed by atoms with Crippen molar-refractivity contribution in [1.29, 1.82) is 0 Å². The Kier molecular flexibility index (Phi) is 7.72. The lowest BCUT2D eigenvalue weighted by Crippen LogP contribution is -2.52. The van der Waals surface area contributed by atoms with Crippen molar-refractivity contribution in [2.24, 2.45) is 17.8 Å². The first-order chi connectivity index (χ1) is 14.0.